The van der Waals surface area contributed by atoms with Crippen LogP contribution in [0.2, 0.25) is 0 Å². The summed E-state index contributed by atoms with van der Waals surface area (Å²) < 4.78 is 0. The topological polar surface area (TPSA) is 88.4 Å². The zero-order chi connectivity index (χ0) is 16.1. The number of amides is 1. The van der Waals surface area contributed by atoms with Crippen LogP contribution in [0.5, 0.6) is 0 Å². The van der Waals surface area contributed by atoms with Crippen molar-refractivity contribution in [1.29, 1.82) is 0 Å². The number of pyridine rings is 1. The summed E-state index contributed by atoms with van der Waals surface area (Å²) in [6, 6.07) is 11.8. The van der Waals surface area contributed by atoms with Gasteiger partial charge in [-0.15, -0.1) is 0 Å². The first-order chi connectivity index (χ1) is 10.5. The Hall–Kier alpha value is -2.96. The third-order valence-corrected chi connectivity index (χ3v) is 3.04. The Morgan fingerprint density at radius 2 is 1.91 bits per heavy atom. The van der Waals surface area contributed by atoms with Crippen LogP contribution in [0.4, 0.5) is 11.5 Å². The van der Waals surface area contributed by atoms with Crippen LogP contribution in [0.15, 0.2) is 42.5 Å². The van der Waals surface area contributed by atoms with Crippen molar-refractivity contribution in [2.45, 2.75) is 0 Å². The minimum atomic E-state index is -0.468. The Morgan fingerprint density at radius 3 is 2.50 bits per heavy atom. The van der Waals surface area contributed by atoms with E-state index in [1.54, 1.807) is 38.4 Å². The molecular formula is C15H16N4O3. The number of hydrogen-bond donors (Lipinski definition) is 1. The first-order valence-electron chi connectivity index (χ1n) is 6.64. The molecule has 2 rings (SSSR count). The van der Waals surface area contributed by atoms with Gasteiger partial charge in [0.25, 0.3) is 5.69 Å². The maximum absolute atomic E-state index is 11.6. The lowest BCUT2D eigenvalue weighted by atomic mass is 10.1. The van der Waals surface area contributed by atoms with Crippen LogP contribution in [0.3, 0.4) is 0 Å². The molecule has 7 nitrogen and oxygen atoms in total. The van der Waals surface area contributed by atoms with Gasteiger partial charge in [0.1, 0.15) is 5.82 Å². The Kier molecular flexibility index (Phi) is 4.67. The average Bonchev–Trinajstić information content (AvgIpc) is 2.52. The highest BCUT2D eigenvalue weighted by molar-refractivity contribution is 5.80. The molecule has 0 radical (unpaired) electrons. The van der Waals surface area contributed by atoms with E-state index in [0.29, 0.717) is 11.4 Å². The van der Waals surface area contributed by atoms with Crippen LogP contribution in [0, 0.1) is 10.1 Å². The minimum Gasteiger partial charge on any atom is -0.361 e. The quantitative estimate of drug-likeness (QED) is 0.675. The molecule has 0 fully saturated rings. The van der Waals surface area contributed by atoms with Gasteiger partial charge in [-0.05, 0) is 6.07 Å². The predicted octanol–water partition coefficient (Wildman–Crippen LogP) is 2.16. The smallest absolute Gasteiger partial charge is 0.295 e. The molecule has 0 unspecified atom stereocenters. The largest absolute Gasteiger partial charge is 0.361 e. The van der Waals surface area contributed by atoms with Crippen molar-refractivity contribution < 1.29 is 9.72 Å². The Bertz CT molecular complexity index is 686. The van der Waals surface area contributed by atoms with Gasteiger partial charge in [0, 0.05) is 25.7 Å². The van der Waals surface area contributed by atoms with Crippen molar-refractivity contribution in [1.82, 2.24) is 9.88 Å². The SMILES string of the molecule is CN(C)C(=O)CNc1ccc([N+](=O)[O-])c(-c2ccccc2)n1. The van der Waals surface area contributed by atoms with E-state index in [2.05, 4.69) is 10.3 Å². The molecule has 0 saturated heterocycles. The van der Waals surface area contributed by atoms with E-state index in [1.807, 2.05) is 6.07 Å². The van der Waals surface area contributed by atoms with Gasteiger partial charge in [-0.1, -0.05) is 30.3 Å². The predicted molar refractivity (Wildman–Crippen MR) is 83.5 cm³/mol. The summed E-state index contributed by atoms with van der Waals surface area (Å²) in [6.07, 6.45) is 0. The van der Waals surface area contributed by atoms with Crippen molar-refractivity contribution in [3.8, 4) is 11.3 Å². The monoisotopic (exact) mass is 300 g/mol. The van der Waals surface area contributed by atoms with Gasteiger partial charge in [-0.2, -0.15) is 0 Å². The number of anilines is 1. The minimum absolute atomic E-state index is 0.0734. The molecule has 0 bridgehead atoms. The normalized spacial score (nSPS) is 10.1. The third-order valence-electron chi connectivity index (χ3n) is 3.04. The summed E-state index contributed by atoms with van der Waals surface area (Å²) in [7, 11) is 3.31. The Labute approximate surface area is 127 Å². The molecule has 0 aliphatic rings. The number of nitrogens with one attached hydrogen (secondary N) is 1. The summed E-state index contributed by atoms with van der Waals surface area (Å²) in [4.78, 5) is 28.0. The molecule has 2 aromatic rings. The molecule has 1 aromatic carbocycles. The lowest BCUT2D eigenvalue weighted by molar-refractivity contribution is -0.384. The highest BCUT2D eigenvalue weighted by Crippen LogP contribution is 2.29. The third kappa shape index (κ3) is 3.57. The van der Waals surface area contributed by atoms with Gasteiger partial charge < -0.3 is 10.2 Å². The maximum Gasteiger partial charge on any atom is 0.295 e. The molecule has 0 spiro atoms. The van der Waals surface area contributed by atoms with Gasteiger partial charge in [-0.3, -0.25) is 14.9 Å². The maximum atomic E-state index is 11.6. The van der Waals surface area contributed by atoms with E-state index in [4.69, 9.17) is 0 Å². The number of likely N-dealkylation sites (N-methyl/N-ethyl adjacent to an activating group) is 1. The first kappa shape index (κ1) is 15.4. The number of nitrogens with zero attached hydrogens (tertiary/aromatic N) is 3. The van der Waals surface area contributed by atoms with Crippen LogP contribution in [-0.2, 0) is 4.79 Å². The summed E-state index contributed by atoms with van der Waals surface area (Å²) in [5.41, 5.74) is 0.848. The fourth-order valence-corrected chi connectivity index (χ4v) is 1.83. The summed E-state index contributed by atoms with van der Waals surface area (Å²) in [6.45, 7) is 0.0754. The van der Waals surface area contributed by atoms with Crippen molar-refractivity contribution in [3.05, 3.63) is 52.6 Å². The highest BCUT2D eigenvalue weighted by Gasteiger charge is 2.17. The highest BCUT2D eigenvalue weighted by atomic mass is 16.6. The molecular weight excluding hydrogens is 284 g/mol. The van der Waals surface area contributed by atoms with Crippen molar-refractivity contribution in [3.63, 3.8) is 0 Å². The molecule has 0 atom stereocenters. The molecule has 1 aromatic heterocycles. The lowest BCUT2D eigenvalue weighted by Gasteiger charge is -2.12. The Morgan fingerprint density at radius 1 is 1.23 bits per heavy atom. The van der Waals surface area contributed by atoms with Crippen LogP contribution >= 0.6 is 0 Å². The zero-order valence-electron chi connectivity index (χ0n) is 12.3. The number of hydrogen-bond acceptors (Lipinski definition) is 5. The molecule has 0 aliphatic heterocycles. The second-order valence-electron chi connectivity index (χ2n) is 4.83. The molecule has 1 heterocycles. The van der Waals surface area contributed by atoms with Crippen molar-refractivity contribution in [2.75, 3.05) is 26.0 Å². The van der Waals surface area contributed by atoms with Gasteiger partial charge in [-0.25, -0.2) is 4.98 Å². The second-order valence-corrected chi connectivity index (χ2v) is 4.83. The standard InChI is InChI=1S/C15H16N4O3/c1-18(2)14(20)10-16-13-9-8-12(19(21)22)15(17-13)11-6-4-3-5-7-11/h3-9H,10H2,1-2H3,(H,16,17). The first-order valence-corrected chi connectivity index (χ1v) is 6.64. The fourth-order valence-electron chi connectivity index (χ4n) is 1.83. The number of carbonyl (C=O) groups excluding carboxylic acids is 1. The molecule has 1 N–H and O–H groups in total. The lowest BCUT2D eigenvalue weighted by Crippen LogP contribution is -2.28. The van der Waals surface area contributed by atoms with Crippen molar-refractivity contribution in [2.24, 2.45) is 0 Å². The van der Waals surface area contributed by atoms with Crippen LogP contribution in [0.25, 0.3) is 11.3 Å². The van der Waals surface area contributed by atoms with Gasteiger partial charge in [0.2, 0.25) is 5.91 Å². The van der Waals surface area contributed by atoms with E-state index in [9.17, 15) is 14.9 Å². The second kappa shape index (κ2) is 6.66. The van der Waals surface area contributed by atoms with Gasteiger partial charge >= 0.3 is 0 Å². The van der Waals surface area contributed by atoms with E-state index in [1.165, 1.54) is 17.0 Å². The number of carbonyl (C=O) groups is 1. The van der Waals surface area contributed by atoms with Crippen LogP contribution in [-0.4, -0.2) is 41.4 Å². The van der Waals surface area contributed by atoms with Gasteiger partial charge in [0.05, 0.1) is 11.5 Å². The Balaban J connectivity index is 2.32. The molecule has 0 saturated carbocycles. The van der Waals surface area contributed by atoms with E-state index < -0.39 is 4.92 Å². The average molecular weight is 300 g/mol. The summed E-state index contributed by atoms with van der Waals surface area (Å²) in [5.74, 6) is 0.307. The van der Waals surface area contributed by atoms with E-state index in [-0.39, 0.29) is 23.8 Å². The number of nitro groups is 1. The molecule has 114 valence electrons. The van der Waals surface area contributed by atoms with Crippen LogP contribution < -0.4 is 5.32 Å². The molecule has 7 heteroatoms. The fraction of sp³-hybridized carbons (Fsp3) is 0.200. The van der Waals surface area contributed by atoms with Gasteiger partial charge in [0.15, 0.2) is 5.69 Å². The van der Waals surface area contributed by atoms with Crippen molar-refractivity contribution >= 4 is 17.4 Å². The zero-order valence-corrected chi connectivity index (χ0v) is 12.3. The number of rotatable bonds is 5. The molecule has 1 amide bonds. The molecule has 22 heavy (non-hydrogen) atoms. The molecule has 0 aliphatic carbocycles. The number of benzene rings is 1. The van der Waals surface area contributed by atoms with Crippen LogP contribution in [0.1, 0.15) is 0 Å². The number of aromatic nitrogens is 1. The van der Waals surface area contributed by atoms with E-state index >= 15 is 0 Å². The van der Waals surface area contributed by atoms with E-state index in [0.717, 1.165) is 0 Å². The summed E-state index contributed by atoms with van der Waals surface area (Å²) >= 11 is 0. The summed E-state index contributed by atoms with van der Waals surface area (Å²) in [5, 5.41) is 14.0.